The highest BCUT2D eigenvalue weighted by Gasteiger charge is 2.22. The van der Waals surface area contributed by atoms with E-state index in [1.807, 2.05) is 0 Å². The molecular formula is C14H31Cl2N3O. The molecule has 0 aromatic carbocycles. The van der Waals surface area contributed by atoms with Gasteiger partial charge in [-0.3, -0.25) is 4.79 Å². The van der Waals surface area contributed by atoms with Gasteiger partial charge in [0.2, 0.25) is 5.91 Å². The smallest absolute Gasteiger partial charge is 0.223 e. The summed E-state index contributed by atoms with van der Waals surface area (Å²) in [6.07, 6.45) is 3.07. The lowest BCUT2D eigenvalue weighted by molar-refractivity contribution is -0.126. The summed E-state index contributed by atoms with van der Waals surface area (Å²) in [4.78, 5) is 14.3. The van der Waals surface area contributed by atoms with Gasteiger partial charge in [-0.05, 0) is 52.4 Å². The first kappa shape index (κ1) is 22.3. The van der Waals surface area contributed by atoms with Crippen LogP contribution in [-0.4, -0.2) is 50.6 Å². The number of carbonyl (C=O) groups excluding carboxylic acids is 1. The van der Waals surface area contributed by atoms with Crippen LogP contribution in [0, 0.1) is 11.8 Å². The van der Waals surface area contributed by atoms with Crippen molar-refractivity contribution in [2.45, 2.75) is 39.2 Å². The second-order valence-electron chi connectivity index (χ2n) is 6.02. The van der Waals surface area contributed by atoms with Crippen LogP contribution in [0.3, 0.4) is 0 Å². The Kier molecular flexibility index (Phi) is 12.9. The monoisotopic (exact) mass is 327 g/mol. The molecule has 0 saturated carbocycles. The Labute approximate surface area is 136 Å². The normalized spacial score (nSPS) is 17.3. The van der Waals surface area contributed by atoms with E-state index in [0.29, 0.717) is 12.0 Å². The molecule has 0 aliphatic carbocycles. The molecule has 1 saturated heterocycles. The Morgan fingerprint density at radius 2 is 1.80 bits per heavy atom. The second-order valence-corrected chi connectivity index (χ2v) is 6.02. The highest BCUT2D eigenvalue weighted by molar-refractivity contribution is 5.85. The number of hydrogen-bond acceptors (Lipinski definition) is 3. The standard InChI is InChI=1S/C14H29N3O.2ClH/c1-11(2)9-13(17(3)4)10-16-14(18)12-5-7-15-8-6-12;;/h11-13,15H,5-10H2,1-4H3,(H,16,18);2*1H. The van der Waals surface area contributed by atoms with Crippen molar-refractivity contribution in [3.63, 3.8) is 0 Å². The van der Waals surface area contributed by atoms with Gasteiger partial charge in [0.15, 0.2) is 0 Å². The van der Waals surface area contributed by atoms with Gasteiger partial charge < -0.3 is 15.5 Å². The average molecular weight is 328 g/mol. The van der Waals surface area contributed by atoms with Crippen LogP contribution in [0.4, 0.5) is 0 Å². The fourth-order valence-corrected chi connectivity index (χ4v) is 2.47. The predicted molar refractivity (Wildman–Crippen MR) is 90.0 cm³/mol. The predicted octanol–water partition coefficient (Wildman–Crippen LogP) is 1.92. The molecular weight excluding hydrogens is 297 g/mol. The summed E-state index contributed by atoms with van der Waals surface area (Å²) >= 11 is 0. The molecule has 1 fully saturated rings. The van der Waals surface area contributed by atoms with Gasteiger partial charge in [-0.2, -0.15) is 0 Å². The molecule has 0 radical (unpaired) electrons. The summed E-state index contributed by atoms with van der Waals surface area (Å²) < 4.78 is 0. The maximum absolute atomic E-state index is 12.1. The number of carbonyl (C=O) groups is 1. The first-order chi connectivity index (χ1) is 8.50. The van der Waals surface area contributed by atoms with Crippen LogP contribution in [0.5, 0.6) is 0 Å². The molecule has 1 aliphatic heterocycles. The first-order valence-electron chi connectivity index (χ1n) is 7.15. The molecule has 1 rings (SSSR count). The number of halogens is 2. The summed E-state index contributed by atoms with van der Waals surface area (Å²) in [5, 5.41) is 6.42. The van der Waals surface area contributed by atoms with Gasteiger partial charge in [0.25, 0.3) is 0 Å². The maximum atomic E-state index is 12.1. The van der Waals surface area contributed by atoms with Gasteiger partial charge in [-0.15, -0.1) is 24.8 Å². The molecule has 1 heterocycles. The number of rotatable bonds is 6. The van der Waals surface area contributed by atoms with Crippen LogP contribution in [0.2, 0.25) is 0 Å². The van der Waals surface area contributed by atoms with Crippen molar-refractivity contribution in [2.24, 2.45) is 11.8 Å². The van der Waals surface area contributed by atoms with Crippen LogP contribution < -0.4 is 10.6 Å². The van der Waals surface area contributed by atoms with E-state index in [1.165, 1.54) is 0 Å². The Morgan fingerprint density at radius 3 is 2.25 bits per heavy atom. The second kappa shape index (κ2) is 11.6. The van der Waals surface area contributed by atoms with E-state index in [0.717, 1.165) is 38.9 Å². The third kappa shape index (κ3) is 8.30. The molecule has 20 heavy (non-hydrogen) atoms. The van der Waals surface area contributed by atoms with E-state index in [1.54, 1.807) is 0 Å². The summed E-state index contributed by atoms with van der Waals surface area (Å²) in [6.45, 7) is 7.17. The quantitative estimate of drug-likeness (QED) is 0.783. The number of nitrogens with zero attached hydrogens (tertiary/aromatic N) is 1. The fourth-order valence-electron chi connectivity index (χ4n) is 2.47. The van der Waals surface area contributed by atoms with E-state index < -0.39 is 0 Å². The molecule has 6 heteroatoms. The van der Waals surface area contributed by atoms with Crippen molar-refractivity contribution in [2.75, 3.05) is 33.7 Å². The lowest BCUT2D eigenvalue weighted by Gasteiger charge is -2.28. The van der Waals surface area contributed by atoms with Crippen molar-refractivity contribution >= 4 is 30.7 Å². The fraction of sp³-hybridized carbons (Fsp3) is 0.929. The van der Waals surface area contributed by atoms with E-state index in [9.17, 15) is 4.79 Å². The van der Waals surface area contributed by atoms with E-state index >= 15 is 0 Å². The van der Waals surface area contributed by atoms with Gasteiger partial charge in [0.1, 0.15) is 0 Å². The summed E-state index contributed by atoms with van der Waals surface area (Å²) in [5.74, 6) is 1.12. The third-order valence-electron chi connectivity index (χ3n) is 3.70. The maximum Gasteiger partial charge on any atom is 0.223 e. The molecule has 0 aromatic heterocycles. The molecule has 1 aliphatic rings. The molecule has 2 N–H and O–H groups in total. The molecule has 0 bridgehead atoms. The van der Waals surface area contributed by atoms with Crippen LogP contribution in [-0.2, 0) is 4.79 Å². The van der Waals surface area contributed by atoms with Crippen LogP contribution in [0.1, 0.15) is 33.1 Å². The first-order valence-corrected chi connectivity index (χ1v) is 7.15. The zero-order chi connectivity index (χ0) is 13.5. The highest BCUT2D eigenvalue weighted by atomic mass is 35.5. The minimum Gasteiger partial charge on any atom is -0.354 e. The van der Waals surface area contributed by atoms with Crippen molar-refractivity contribution in [1.82, 2.24) is 15.5 Å². The van der Waals surface area contributed by atoms with E-state index in [2.05, 4.69) is 43.5 Å². The summed E-state index contributed by atoms with van der Waals surface area (Å²) in [6, 6.07) is 0.440. The Morgan fingerprint density at radius 1 is 1.25 bits per heavy atom. The van der Waals surface area contributed by atoms with Crippen molar-refractivity contribution in [3.05, 3.63) is 0 Å². The molecule has 4 nitrogen and oxygen atoms in total. The minimum atomic E-state index is 0. The van der Waals surface area contributed by atoms with Crippen molar-refractivity contribution in [1.29, 1.82) is 0 Å². The summed E-state index contributed by atoms with van der Waals surface area (Å²) in [5.41, 5.74) is 0. The van der Waals surface area contributed by atoms with Crippen LogP contribution in [0.15, 0.2) is 0 Å². The van der Waals surface area contributed by atoms with Gasteiger partial charge in [0, 0.05) is 18.5 Å². The number of piperidine rings is 1. The largest absolute Gasteiger partial charge is 0.354 e. The van der Waals surface area contributed by atoms with Gasteiger partial charge >= 0.3 is 0 Å². The molecule has 122 valence electrons. The highest BCUT2D eigenvalue weighted by Crippen LogP contribution is 2.12. The molecule has 1 unspecified atom stereocenters. The Bertz CT molecular complexity index is 257. The van der Waals surface area contributed by atoms with Crippen LogP contribution >= 0.6 is 24.8 Å². The van der Waals surface area contributed by atoms with E-state index in [4.69, 9.17) is 0 Å². The molecule has 0 aromatic rings. The summed E-state index contributed by atoms with van der Waals surface area (Å²) in [7, 11) is 4.17. The number of likely N-dealkylation sites (N-methyl/N-ethyl adjacent to an activating group) is 1. The Balaban J connectivity index is 0. The molecule has 1 atom stereocenters. The zero-order valence-electron chi connectivity index (χ0n) is 13.1. The molecule has 0 spiro atoms. The average Bonchev–Trinajstić information content (AvgIpc) is 2.34. The SMILES string of the molecule is CC(C)CC(CNC(=O)C1CCNCC1)N(C)C.Cl.Cl. The third-order valence-corrected chi connectivity index (χ3v) is 3.70. The zero-order valence-corrected chi connectivity index (χ0v) is 14.8. The van der Waals surface area contributed by atoms with E-state index in [-0.39, 0.29) is 36.6 Å². The van der Waals surface area contributed by atoms with Gasteiger partial charge in [-0.1, -0.05) is 13.8 Å². The number of hydrogen-bond donors (Lipinski definition) is 2. The number of amides is 1. The lowest BCUT2D eigenvalue weighted by Crippen LogP contribution is -2.44. The topological polar surface area (TPSA) is 44.4 Å². The van der Waals surface area contributed by atoms with Crippen molar-refractivity contribution in [3.8, 4) is 0 Å². The number of nitrogens with one attached hydrogen (secondary N) is 2. The minimum absolute atomic E-state index is 0. The Hall–Kier alpha value is -0.0300. The molecule has 1 amide bonds. The van der Waals surface area contributed by atoms with Crippen molar-refractivity contribution < 1.29 is 4.79 Å². The lowest BCUT2D eigenvalue weighted by atomic mass is 9.97. The van der Waals surface area contributed by atoms with Gasteiger partial charge in [0.05, 0.1) is 0 Å². The van der Waals surface area contributed by atoms with Crippen LogP contribution in [0.25, 0.3) is 0 Å². The van der Waals surface area contributed by atoms with Gasteiger partial charge in [-0.25, -0.2) is 0 Å².